The number of carbonyl (C=O) groups excluding carboxylic acids is 2. The molecule has 0 aliphatic carbocycles. The van der Waals surface area contributed by atoms with Crippen LogP contribution in [0.15, 0.2) is 41.5 Å². The van der Waals surface area contributed by atoms with Crippen LogP contribution < -0.4 is 19.4 Å². The van der Waals surface area contributed by atoms with Gasteiger partial charge in [0.25, 0.3) is 5.91 Å². The Morgan fingerprint density at radius 3 is 2.67 bits per heavy atom. The monoisotopic (exact) mass is 425 g/mol. The van der Waals surface area contributed by atoms with E-state index in [1.165, 1.54) is 16.8 Å². The van der Waals surface area contributed by atoms with E-state index < -0.39 is 0 Å². The third-order valence-electron chi connectivity index (χ3n) is 5.15. The highest BCUT2D eigenvalue weighted by molar-refractivity contribution is 8.15. The average Bonchev–Trinajstić information content (AvgIpc) is 2.77. The Balaban J connectivity index is 1.64. The summed E-state index contributed by atoms with van der Waals surface area (Å²) in [5.41, 5.74) is 3.14. The molecule has 0 spiro atoms. The molecule has 0 saturated carbocycles. The Hall–Kier alpha value is -3.00. The number of aryl methyl sites for hydroxylation is 1. The molecule has 0 saturated heterocycles. The number of thioether (sulfide) groups is 1. The molecule has 0 bridgehead atoms. The molecule has 2 amide bonds. The third-order valence-corrected chi connectivity index (χ3v) is 6.02. The predicted molar refractivity (Wildman–Crippen MR) is 119 cm³/mol. The van der Waals surface area contributed by atoms with Crippen molar-refractivity contribution in [3.63, 3.8) is 0 Å². The molecule has 1 unspecified atom stereocenters. The highest BCUT2D eigenvalue weighted by atomic mass is 32.2. The summed E-state index contributed by atoms with van der Waals surface area (Å²) in [6, 6.07) is 10.9. The first-order valence-corrected chi connectivity index (χ1v) is 10.6. The number of rotatable bonds is 4. The molecule has 4 rings (SSSR count). The molecule has 30 heavy (non-hydrogen) atoms. The van der Waals surface area contributed by atoms with E-state index in [1.54, 1.807) is 43.5 Å². The Morgan fingerprint density at radius 2 is 1.93 bits per heavy atom. The van der Waals surface area contributed by atoms with Gasteiger partial charge in [0.05, 0.1) is 19.9 Å². The van der Waals surface area contributed by atoms with Crippen molar-refractivity contribution in [1.82, 2.24) is 0 Å². The zero-order valence-corrected chi connectivity index (χ0v) is 17.9. The van der Waals surface area contributed by atoms with Crippen LogP contribution in [0.3, 0.4) is 0 Å². The Labute approximate surface area is 179 Å². The number of carbonyl (C=O) groups is 2. The summed E-state index contributed by atoms with van der Waals surface area (Å²) in [5.74, 6) is 1.00. The second-order valence-corrected chi connectivity index (χ2v) is 8.44. The summed E-state index contributed by atoms with van der Waals surface area (Å²) in [4.78, 5) is 27.4. The van der Waals surface area contributed by atoms with Gasteiger partial charge in [-0.1, -0.05) is 11.8 Å². The van der Waals surface area contributed by atoms with Gasteiger partial charge in [0.2, 0.25) is 0 Å². The number of benzene rings is 2. The minimum Gasteiger partial charge on any atom is -0.493 e. The van der Waals surface area contributed by atoms with Crippen molar-refractivity contribution in [2.75, 3.05) is 30.7 Å². The summed E-state index contributed by atoms with van der Waals surface area (Å²) >= 11 is 1.24. The molecule has 2 heterocycles. The van der Waals surface area contributed by atoms with Gasteiger partial charge in [-0.15, -0.1) is 0 Å². The normalized spacial score (nSPS) is 18.2. The summed E-state index contributed by atoms with van der Waals surface area (Å²) in [6.07, 6.45) is 3.45. The molecule has 2 aromatic carbocycles. The number of hydrogen-bond acceptors (Lipinski definition) is 6. The molecule has 0 aromatic heterocycles. The predicted octanol–water partition coefficient (Wildman–Crippen LogP) is 4.34. The highest BCUT2D eigenvalue weighted by Crippen LogP contribution is 2.35. The quantitative estimate of drug-likeness (QED) is 0.729. The van der Waals surface area contributed by atoms with E-state index in [-0.39, 0.29) is 16.4 Å². The fourth-order valence-electron chi connectivity index (χ4n) is 3.67. The number of anilines is 2. The van der Waals surface area contributed by atoms with Crippen LogP contribution in [-0.2, 0) is 6.42 Å². The number of ether oxygens (including phenoxy) is 2. The van der Waals surface area contributed by atoms with Gasteiger partial charge >= 0.3 is 5.24 Å². The number of hydrogen-bond donors (Lipinski definition) is 0. The van der Waals surface area contributed by atoms with Crippen molar-refractivity contribution in [2.24, 2.45) is 5.10 Å². The van der Waals surface area contributed by atoms with Gasteiger partial charge in [-0.2, -0.15) is 10.1 Å². The summed E-state index contributed by atoms with van der Waals surface area (Å²) in [7, 11) is 3.11. The topological polar surface area (TPSA) is 71.4 Å². The standard InChI is InChI=1S/C22H23N3O4S/c1-14-13-23-25(22(27)30-14)17-7-8-18-15(11-17)5-4-10-24(18)21(26)16-6-9-19(28-2)20(12-16)29-3/h6-9,11-14H,4-5,10H2,1-3H3. The van der Waals surface area contributed by atoms with Gasteiger partial charge in [-0.3, -0.25) is 9.59 Å². The van der Waals surface area contributed by atoms with Gasteiger partial charge in [-0.05, 0) is 61.7 Å². The zero-order valence-electron chi connectivity index (χ0n) is 17.1. The fourth-order valence-corrected chi connectivity index (χ4v) is 4.36. The van der Waals surface area contributed by atoms with Crippen LogP contribution in [0.4, 0.5) is 16.2 Å². The van der Waals surface area contributed by atoms with Gasteiger partial charge in [0.1, 0.15) is 0 Å². The number of methoxy groups -OCH3 is 2. The molecule has 0 radical (unpaired) electrons. The lowest BCUT2D eigenvalue weighted by atomic mass is 9.99. The van der Waals surface area contributed by atoms with Crippen molar-refractivity contribution in [2.45, 2.75) is 25.0 Å². The van der Waals surface area contributed by atoms with Crippen LogP contribution in [0.25, 0.3) is 0 Å². The van der Waals surface area contributed by atoms with Crippen molar-refractivity contribution >= 4 is 40.5 Å². The minimum absolute atomic E-state index is 0.0704. The van der Waals surface area contributed by atoms with E-state index in [1.807, 2.05) is 25.1 Å². The van der Waals surface area contributed by atoms with Gasteiger partial charge in [0.15, 0.2) is 11.5 Å². The van der Waals surface area contributed by atoms with Gasteiger partial charge in [0, 0.05) is 29.3 Å². The lowest BCUT2D eigenvalue weighted by molar-refractivity contribution is 0.0984. The summed E-state index contributed by atoms with van der Waals surface area (Å²) < 4.78 is 10.6. The van der Waals surface area contributed by atoms with Crippen LogP contribution >= 0.6 is 11.8 Å². The molecular formula is C22H23N3O4S. The van der Waals surface area contributed by atoms with E-state index in [0.29, 0.717) is 23.6 Å². The molecule has 156 valence electrons. The van der Waals surface area contributed by atoms with E-state index in [9.17, 15) is 9.59 Å². The van der Waals surface area contributed by atoms with E-state index in [2.05, 4.69) is 5.10 Å². The maximum absolute atomic E-state index is 13.2. The second-order valence-electron chi connectivity index (χ2n) is 7.11. The molecule has 0 N–H and O–H groups in total. The second kappa shape index (κ2) is 8.39. The summed E-state index contributed by atoms with van der Waals surface area (Å²) in [5, 5.41) is 5.67. The molecule has 2 aliphatic heterocycles. The largest absolute Gasteiger partial charge is 0.493 e. The Kier molecular flexibility index (Phi) is 5.67. The minimum atomic E-state index is -0.0981. The average molecular weight is 426 g/mol. The van der Waals surface area contributed by atoms with E-state index >= 15 is 0 Å². The fraction of sp³-hybridized carbons (Fsp3) is 0.318. The third kappa shape index (κ3) is 3.75. The van der Waals surface area contributed by atoms with Crippen LogP contribution in [0, 0.1) is 0 Å². The van der Waals surface area contributed by atoms with Crippen molar-refractivity contribution < 1.29 is 19.1 Å². The van der Waals surface area contributed by atoms with E-state index in [4.69, 9.17) is 9.47 Å². The van der Waals surface area contributed by atoms with E-state index in [0.717, 1.165) is 29.8 Å². The number of fused-ring (bicyclic) bond motifs is 1. The van der Waals surface area contributed by atoms with Gasteiger partial charge < -0.3 is 14.4 Å². The Bertz CT molecular complexity index is 1020. The Morgan fingerprint density at radius 1 is 1.13 bits per heavy atom. The molecule has 7 nitrogen and oxygen atoms in total. The number of amides is 2. The first kappa shape index (κ1) is 20.3. The lowest BCUT2D eigenvalue weighted by Gasteiger charge is -2.31. The maximum Gasteiger partial charge on any atom is 0.307 e. The van der Waals surface area contributed by atoms with Crippen LogP contribution in [0.1, 0.15) is 29.3 Å². The molecule has 2 aromatic rings. The van der Waals surface area contributed by atoms with Crippen LogP contribution in [0.5, 0.6) is 11.5 Å². The molecule has 8 heteroatoms. The first-order valence-electron chi connectivity index (χ1n) is 9.73. The van der Waals surface area contributed by atoms with Crippen molar-refractivity contribution in [3.8, 4) is 11.5 Å². The van der Waals surface area contributed by atoms with Gasteiger partial charge in [-0.25, -0.2) is 0 Å². The zero-order chi connectivity index (χ0) is 21.3. The van der Waals surface area contributed by atoms with Crippen LogP contribution in [0.2, 0.25) is 0 Å². The smallest absolute Gasteiger partial charge is 0.307 e. The lowest BCUT2D eigenvalue weighted by Crippen LogP contribution is -2.35. The molecular weight excluding hydrogens is 402 g/mol. The molecule has 1 atom stereocenters. The number of nitrogens with zero attached hydrogens (tertiary/aromatic N) is 3. The van der Waals surface area contributed by atoms with Crippen molar-refractivity contribution in [3.05, 3.63) is 47.5 Å². The highest BCUT2D eigenvalue weighted by Gasteiger charge is 2.27. The molecule has 2 aliphatic rings. The number of hydrazone groups is 1. The first-order chi connectivity index (χ1) is 14.5. The van der Waals surface area contributed by atoms with Crippen molar-refractivity contribution in [1.29, 1.82) is 0 Å². The SMILES string of the molecule is COc1ccc(C(=O)N2CCCc3cc(N4N=CC(C)SC4=O)ccc32)cc1OC. The maximum atomic E-state index is 13.2. The molecule has 0 fully saturated rings. The van der Waals surface area contributed by atoms with Crippen LogP contribution in [-0.4, -0.2) is 43.4 Å². The summed E-state index contributed by atoms with van der Waals surface area (Å²) in [6.45, 7) is 2.57.